The highest BCUT2D eigenvalue weighted by molar-refractivity contribution is 5.17. The van der Waals surface area contributed by atoms with E-state index in [4.69, 9.17) is 0 Å². The van der Waals surface area contributed by atoms with Crippen LogP contribution >= 0.6 is 0 Å². The van der Waals surface area contributed by atoms with Gasteiger partial charge in [-0.1, -0.05) is 132 Å². The fourth-order valence-corrected chi connectivity index (χ4v) is 14.1. The Labute approximate surface area is 272 Å². The van der Waals surface area contributed by atoms with Crippen molar-refractivity contribution in [2.75, 3.05) is 0 Å². The van der Waals surface area contributed by atoms with Gasteiger partial charge in [-0.05, 0) is 142 Å². The van der Waals surface area contributed by atoms with Gasteiger partial charge in [0.05, 0.1) is 0 Å². The normalized spacial score (nSPS) is 52.8. The fourth-order valence-electron chi connectivity index (χ4n) is 14.1. The minimum absolute atomic E-state index is 0.324. The van der Waals surface area contributed by atoms with E-state index in [0.29, 0.717) is 16.2 Å². The van der Waals surface area contributed by atoms with Crippen molar-refractivity contribution in [2.24, 2.45) is 129 Å². The Bertz CT molecular complexity index is 936. The van der Waals surface area contributed by atoms with Crippen molar-refractivity contribution < 1.29 is 0 Å². The predicted molar refractivity (Wildman–Crippen MR) is 191 cm³/mol. The third kappa shape index (κ3) is 5.36. The summed E-state index contributed by atoms with van der Waals surface area (Å²) in [5.74, 6) is 16.0. The Morgan fingerprint density at radius 3 is 1.47 bits per heavy atom. The van der Waals surface area contributed by atoms with Crippen LogP contribution in [0.3, 0.4) is 0 Å². The molecule has 0 aromatic heterocycles. The fraction of sp³-hybridized carbons (Fsp3) is 1.00. The topological polar surface area (TPSA) is 0 Å². The molecule has 0 amide bonds. The van der Waals surface area contributed by atoms with Gasteiger partial charge in [0.2, 0.25) is 0 Å². The van der Waals surface area contributed by atoms with Crippen molar-refractivity contribution in [3.63, 3.8) is 0 Å². The van der Waals surface area contributed by atoms with Crippen molar-refractivity contribution >= 4 is 0 Å². The van der Waals surface area contributed by atoms with Crippen LogP contribution in [-0.4, -0.2) is 0 Å². The lowest BCUT2D eigenvalue weighted by molar-refractivity contribution is -0.0770. The zero-order chi connectivity index (χ0) is 32.9. The van der Waals surface area contributed by atoms with Gasteiger partial charge in [-0.15, -0.1) is 0 Å². The zero-order valence-electron chi connectivity index (χ0n) is 32.9. The first-order valence-corrected chi connectivity index (χ1v) is 19.5. The smallest absolute Gasteiger partial charge is 0.0227 e. The molecule has 0 aliphatic heterocycles. The monoisotopic (exact) mass is 597 g/mol. The molecule has 0 spiro atoms. The molecular formula is C43H80. The van der Waals surface area contributed by atoms with E-state index in [1.54, 1.807) is 0 Å². The molecule has 0 saturated heterocycles. The molecular weight excluding hydrogens is 516 g/mol. The van der Waals surface area contributed by atoms with Gasteiger partial charge in [0.25, 0.3) is 0 Å². The second-order valence-corrected chi connectivity index (χ2v) is 20.7. The third-order valence-electron chi connectivity index (χ3n) is 18.7. The van der Waals surface area contributed by atoms with Gasteiger partial charge in [-0.25, -0.2) is 0 Å². The molecule has 252 valence electrons. The first-order valence-electron chi connectivity index (χ1n) is 19.5. The highest BCUT2D eigenvalue weighted by atomic mass is 14.7. The van der Waals surface area contributed by atoms with E-state index in [1.807, 2.05) is 0 Å². The highest BCUT2D eigenvalue weighted by Crippen LogP contribution is 2.74. The van der Waals surface area contributed by atoms with Crippen molar-refractivity contribution in [3.05, 3.63) is 0 Å². The van der Waals surface area contributed by atoms with Crippen LogP contribution in [0, 0.1) is 129 Å². The SMILES string of the molecule is CC(CC(C)(C)C(C)(C)C)C1C(C(C)C(C)C2C(C)C(C)C(C)C(C)C2C)C(C)C2CC3C(C)C(C)C(C)C(C)C3C21C. The van der Waals surface area contributed by atoms with Gasteiger partial charge >= 0.3 is 0 Å². The standard InChI is InChI=1S/C43H80/c1-22(21-42(17,18)41(14,15)16)39-38(32(11)31(10)37-29(8)25(4)23(2)26(5)30(37)9)34(13)36-20-35-28(7)24(3)27(6)33(12)40(35)43(36,39)19/h22-40H,20-21H2,1-19H3. The van der Waals surface area contributed by atoms with E-state index >= 15 is 0 Å². The molecule has 4 aliphatic rings. The molecule has 0 heterocycles. The predicted octanol–water partition coefficient (Wildman–Crippen LogP) is 12.9. The lowest BCUT2D eigenvalue weighted by Crippen LogP contribution is -2.50. The zero-order valence-corrected chi connectivity index (χ0v) is 32.9. The summed E-state index contributed by atoms with van der Waals surface area (Å²) in [6, 6.07) is 0. The molecule has 4 aliphatic carbocycles. The number of hydrogen-bond acceptors (Lipinski definition) is 0. The summed E-state index contributed by atoms with van der Waals surface area (Å²) >= 11 is 0. The molecule has 0 radical (unpaired) electrons. The van der Waals surface area contributed by atoms with Gasteiger partial charge in [-0.2, -0.15) is 0 Å². The van der Waals surface area contributed by atoms with Crippen molar-refractivity contribution in [2.45, 2.75) is 144 Å². The Kier molecular flexibility index (Phi) is 9.93. The first kappa shape index (κ1) is 35.8. The Morgan fingerprint density at radius 1 is 0.558 bits per heavy atom. The first-order chi connectivity index (χ1) is 19.5. The second kappa shape index (κ2) is 11.9. The van der Waals surface area contributed by atoms with Gasteiger partial charge in [0.1, 0.15) is 0 Å². The van der Waals surface area contributed by atoms with Gasteiger partial charge < -0.3 is 0 Å². The largest absolute Gasteiger partial charge is 0.0622 e. The Balaban J connectivity index is 1.79. The maximum atomic E-state index is 2.88. The minimum Gasteiger partial charge on any atom is -0.0622 e. The van der Waals surface area contributed by atoms with Crippen molar-refractivity contribution in [3.8, 4) is 0 Å². The second-order valence-electron chi connectivity index (χ2n) is 20.7. The summed E-state index contributed by atoms with van der Waals surface area (Å²) in [6.07, 6.45) is 2.87. The lowest BCUT2D eigenvalue weighted by atomic mass is 9.49. The van der Waals surface area contributed by atoms with Crippen molar-refractivity contribution in [1.82, 2.24) is 0 Å². The number of fused-ring (bicyclic) bond motifs is 3. The van der Waals surface area contributed by atoms with Crippen LogP contribution in [-0.2, 0) is 0 Å². The molecule has 4 saturated carbocycles. The molecule has 18 unspecified atom stereocenters. The van der Waals surface area contributed by atoms with E-state index in [1.165, 1.54) is 12.8 Å². The van der Waals surface area contributed by atoms with E-state index in [-0.39, 0.29) is 0 Å². The number of hydrogen-bond donors (Lipinski definition) is 0. The van der Waals surface area contributed by atoms with Gasteiger partial charge in [0.15, 0.2) is 0 Å². The summed E-state index contributed by atoms with van der Waals surface area (Å²) < 4.78 is 0. The van der Waals surface area contributed by atoms with Crippen LogP contribution in [0.5, 0.6) is 0 Å². The van der Waals surface area contributed by atoms with E-state index in [9.17, 15) is 0 Å². The summed E-state index contributed by atoms with van der Waals surface area (Å²) in [5.41, 5.74) is 1.13. The molecule has 0 N–H and O–H groups in total. The van der Waals surface area contributed by atoms with E-state index in [0.717, 1.165) is 112 Å². The Hall–Kier alpha value is 0. The van der Waals surface area contributed by atoms with Crippen LogP contribution in [0.4, 0.5) is 0 Å². The number of rotatable bonds is 6. The van der Waals surface area contributed by atoms with Crippen LogP contribution < -0.4 is 0 Å². The van der Waals surface area contributed by atoms with Crippen LogP contribution in [0.2, 0.25) is 0 Å². The molecule has 4 fully saturated rings. The maximum Gasteiger partial charge on any atom is -0.0227 e. The van der Waals surface area contributed by atoms with Crippen molar-refractivity contribution in [1.29, 1.82) is 0 Å². The quantitative estimate of drug-likeness (QED) is 0.286. The summed E-state index contributed by atoms with van der Waals surface area (Å²) in [6.45, 7) is 50.1. The highest BCUT2D eigenvalue weighted by Gasteiger charge is 2.69. The average Bonchev–Trinajstić information content (AvgIpc) is 3.33. The van der Waals surface area contributed by atoms with Crippen LogP contribution in [0.1, 0.15) is 144 Å². The molecule has 4 rings (SSSR count). The maximum absolute atomic E-state index is 2.88. The molecule has 43 heavy (non-hydrogen) atoms. The third-order valence-corrected chi connectivity index (χ3v) is 18.7. The molecule has 18 atom stereocenters. The average molecular weight is 597 g/mol. The van der Waals surface area contributed by atoms with Crippen LogP contribution in [0.25, 0.3) is 0 Å². The summed E-state index contributed by atoms with van der Waals surface area (Å²) in [5, 5.41) is 0. The van der Waals surface area contributed by atoms with Crippen LogP contribution in [0.15, 0.2) is 0 Å². The molecule has 0 bridgehead atoms. The molecule has 0 nitrogen and oxygen atoms in total. The van der Waals surface area contributed by atoms with E-state index < -0.39 is 0 Å². The van der Waals surface area contributed by atoms with E-state index in [2.05, 4.69) is 132 Å². The molecule has 0 aromatic carbocycles. The summed E-state index contributed by atoms with van der Waals surface area (Å²) in [4.78, 5) is 0. The summed E-state index contributed by atoms with van der Waals surface area (Å²) in [7, 11) is 0. The lowest BCUT2D eigenvalue weighted by Gasteiger charge is -2.55. The Morgan fingerprint density at radius 2 is 0.977 bits per heavy atom. The minimum atomic E-state index is 0.324. The van der Waals surface area contributed by atoms with Gasteiger partial charge in [-0.3, -0.25) is 0 Å². The van der Waals surface area contributed by atoms with Gasteiger partial charge in [0, 0.05) is 0 Å². The molecule has 0 heteroatoms. The molecule has 0 aromatic rings.